The van der Waals surface area contributed by atoms with E-state index in [9.17, 15) is 8.60 Å². The molecular weight excluding hydrogens is 291 g/mol. The number of nitrogen functional groups attached to an aromatic ring is 1. The van der Waals surface area contributed by atoms with Crippen molar-refractivity contribution in [3.8, 4) is 11.8 Å². The van der Waals surface area contributed by atoms with Crippen molar-refractivity contribution in [1.82, 2.24) is 0 Å². The lowest BCUT2D eigenvalue weighted by Gasteiger charge is -2.09. The molecular formula is C15H13FN2O2S. The van der Waals surface area contributed by atoms with Gasteiger partial charge >= 0.3 is 0 Å². The number of rotatable bonds is 4. The second-order valence-electron chi connectivity index (χ2n) is 4.36. The van der Waals surface area contributed by atoms with Crippen LogP contribution < -0.4 is 10.5 Å². The molecule has 4 nitrogen and oxygen atoms in total. The maximum atomic E-state index is 13.4. The van der Waals surface area contributed by atoms with Gasteiger partial charge in [0.1, 0.15) is 11.6 Å². The number of nitrogens with two attached hydrogens (primary N) is 1. The molecule has 21 heavy (non-hydrogen) atoms. The van der Waals surface area contributed by atoms with E-state index in [-0.39, 0.29) is 11.3 Å². The van der Waals surface area contributed by atoms with Crippen LogP contribution in [0.25, 0.3) is 0 Å². The van der Waals surface area contributed by atoms with E-state index in [1.54, 1.807) is 18.2 Å². The average molecular weight is 304 g/mol. The Hall–Kier alpha value is -2.39. The Morgan fingerprint density at radius 1 is 1.33 bits per heavy atom. The minimum absolute atomic E-state index is 0.0900. The Bertz CT molecular complexity index is 741. The summed E-state index contributed by atoms with van der Waals surface area (Å²) in [5.41, 5.74) is 6.84. The Labute approximate surface area is 124 Å². The monoisotopic (exact) mass is 304 g/mol. The number of hydrogen-bond donors (Lipinski definition) is 1. The summed E-state index contributed by atoms with van der Waals surface area (Å²) in [6.07, 6.45) is 0. The van der Waals surface area contributed by atoms with E-state index in [1.807, 2.05) is 6.07 Å². The fourth-order valence-electron chi connectivity index (χ4n) is 1.90. The number of hydrogen-bond acceptors (Lipinski definition) is 4. The summed E-state index contributed by atoms with van der Waals surface area (Å²) < 4.78 is 30.9. The first-order valence-corrected chi connectivity index (χ1v) is 7.37. The highest BCUT2D eigenvalue weighted by Gasteiger charge is 2.13. The summed E-state index contributed by atoms with van der Waals surface area (Å²) in [5, 5.41) is 8.82. The molecule has 1 atom stereocenters. The smallest absolute Gasteiger partial charge is 0.137 e. The molecule has 0 aliphatic carbocycles. The van der Waals surface area contributed by atoms with E-state index in [4.69, 9.17) is 15.7 Å². The van der Waals surface area contributed by atoms with Crippen LogP contribution >= 0.6 is 0 Å². The number of halogens is 1. The molecule has 0 spiro atoms. The molecule has 0 saturated carbocycles. The van der Waals surface area contributed by atoms with E-state index < -0.39 is 16.6 Å². The van der Waals surface area contributed by atoms with Gasteiger partial charge < -0.3 is 10.5 Å². The molecule has 0 aliphatic heterocycles. The summed E-state index contributed by atoms with van der Waals surface area (Å²) >= 11 is 0. The van der Waals surface area contributed by atoms with Crippen molar-refractivity contribution >= 4 is 16.5 Å². The van der Waals surface area contributed by atoms with Crippen LogP contribution in [0.4, 0.5) is 10.1 Å². The van der Waals surface area contributed by atoms with Gasteiger partial charge in [-0.2, -0.15) is 5.26 Å². The van der Waals surface area contributed by atoms with Crippen molar-refractivity contribution in [3.63, 3.8) is 0 Å². The van der Waals surface area contributed by atoms with Crippen molar-refractivity contribution in [1.29, 1.82) is 5.26 Å². The Kier molecular flexibility index (Phi) is 4.55. The van der Waals surface area contributed by atoms with Gasteiger partial charge in [0, 0.05) is 11.8 Å². The van der Waals surface area contributed by atoms with Crippen molar-refractivity contribution in [2.75, 3.05) is 12.8 Å². The van der Waals surface area contributed by atoms with Crippen LogP contribution in [0.3, 0.4) is 0 Å². The standard InChI is InChI=1S/C15H13FN2O2S/c1-20-14-7-13(18)2-3-15(14)21(19)9-11-4-10(8-17)5-12(16)6-11/h2-7H,9,18H2,1H3. The average Bonchev–Trinajstić information content (AvgIpc) is 2.46. The molecule has 1 unspecified atom stereocenters. The zero-order chi connectivity index (χ0) is 15.4. The van der Waals surface area contributed by atoms with Gasteiger partial charge in [-0.1, -0.05) is 0 Å². The Morgan fingerprint density at radius 3 is 2.76 bits per heavy atom. The summed E-state index contributed by atoms with van der Waals surface area (Å²) in [6, 6.07) is 10.6. The summed E-state index contributed by atoms with van der Waals surface area (Å²) in [5.74, 6) is -0.0113. The molecule has 2 aromatic carbocycles. The summed E-state index contributed by atoms with van der Waals surface area (Å²) in [4.78, 5) is 0.481. The molecule has 0 saturated heterocycles. The van der Waals surface area contributed by atoms with Crippen LogP contribution in [0.5, 0.6) is 5.75 Å². The molecule has 0 aliphatic rings. The summed E-state index contributed by atoms with van der Waals surface area (Å²) in [7, 11) is 0.0345. The number of benzene rings is 2. The third-order valence-corrected chi connectivity index (χ3v) is 4.24. The second kappa shape index (κ2) is 6.37. The third kappa shape index (κ3) is 3.58. The molecule has 0 radical (unpaired) electrons. The normalized spacial score (nSPS) is 11.7. The van der Waals surface area contributed by atoms with Crippen LogP contribution in [0, 0.1) is 17.1 Å². The van der Waals surface area contributed by atoms with Gasteiger partial charge in [-0.25, -0.2) is 4.39 Å². The number of nitriles is 1. The molecule has 0 heterocycles. The Morgan fingerprint density at radius 2 is 2.10 bits per heavy atom. The van der Waals surface area contributed by atoms with Gasteiger partial charge in [0.2, 0.25) is 0 Å². The molecule has 0 bridgehead atoms. The first-order chi connectivity index (χ1) is 10.0. The van der Waals surface area contributed by atoms with Crippen LogP contribution in [0.1, 0.15) is 11.1 Å². The van der Waals surface area contributed by atoms with Gasteiger partial charge in [-0.3, -0.25) is 4.21 Å². The predicted molar refractivity (Wildman–Crippen MR) is 78.6 cm³/mol. The maximum absolute atomic E-state index is 13.4. The fourth-order valence-corrected chi connectivity index (χ4v) is 3.11. The lowest BCUT2D eigenvalue weighted by Crippen LogP contribution is -2.01. The maximum Gasteiger partial charge on any atom is 0.137 e. The lowest BCUT2D eigenvalue weighted by molar-refractivity contribution is 0.404. The largest absolute Gasteiger partial charge is 0.495 e. The molecule has 108 valence electrons. The van der Waals surface area contributed by atoms with E-state index >= 15 is 0 Å². The Balaban J connectivity index is 2.30. The van der Waals surface area contributed by atoms with Crippen molar-refractivity contribution in [2.45, 2.75) is 10.6 Å². The van der Waals surface area contributed by atoms with E-state index in [2.05, 4.69) is 0 Å². The fraction of sp³-hybridized carbons (Fsp3) is 0.133. The topological polar surface area (TPSA) is 76.1 Å². The lowest BCUT2D eigenvalue weighted by atomic mass is 10.1. The minimum Gasteiger partial charge on any atom is -0.495 e. The highest BCUT2D eigenvalue weighted by Crippen LogP contribution is 2.26. The van der Waals surface area contributed by atoms with Gasteiger partial charge in [-0.15, -0.1) is 0 Å². The number of nitrogens with zero attached hydrogens (tertiary/aromatic N) is 1. The molecule has 0 amide bonds. The number of ether oxygens (including phenoxy) is 1. The molecule has 0 aromatic heterocycles. The molecule has 2 rings (SSSR count). The SMILES string of the molecule is COc1cc(N)ccc1S(=O)Cc1cc(F)cc(C#N)c1. The van der Waals surface area contributed by atoms with Crippen LogP contribution in [0.15, 0.2) is 41.3 Å². The van der Waals surface area contributed by atoms with Crippen molar-refractivity contribution in [2.24, 2.45) is 0 Å². The third-order valence-electron chi connectivity index (χ3n) is 2.82. The zero-order valence-corrected chi connectivity index (χ0v) is 12.1. The predicted octanol–water partition coefficient (Wildman–Crippen LogP) is 2.60. The quantitative estimate of drug-likeness (QED) is 0.881. The van der Waals surface area contributed by atoms with Crippen molar-refractivity contribution in [3.05, 3.63) is 53.3 Å². The minimum atomic E-state index is -1.43. The molecule has 0 fully saturated rings. The highest BCUT2D eigenvalue weighted by molar-refractivity contribution is 7.84. The summed E-state index contributed by atoms with van der Waals surface area (Å²) in [6.45, 7) is 0. The molecule has 6 heteroatoms. The first-order valence-electron chi connectivity index (χ1n) is 6.05. The van der Waals surface area contributed by atoms with Crippen LogP contribution in [-0.2, 0) is 16.6 Å². The first kappa shape index (κ1) is 15.0. The van der Waals surface area contributed by atoms with Gasteiger partial charge in [0.15, 0.2) is 0 Å². The number of anilines is 1. The van der Waals surface area contributed by atoms with Gasteiger partial charge in [0.25, 0.3) is 0 Å². The molecule has 2 N–H and O–H groups in total. The van der Waals surface area contributed by atoms with Gasteiger partial charge in [0.05, 0.1) is 40.2 Å². The van der Waals surface area contributed by atoms with Crippen molar-refractivity contribution < 1.29 is 13.3 Å². The zero-order valence-electron chi connectivity index (χ0n) is 11.3. The number of methoxy groups -OCH3 is 1. The molecule has 2 aromatic rings. The van der Waals surface area contributed by atoms with Crippen LogP contribution in [-0.4, -0.2) is 11.3 Å². The second-order valence-corrected chi connectivity index (χ2v) is 5.78. The highest BCUT2D eigenvalue weighted by atomic mass is 32.2. The van der Waals surface area contributed by atoms with E-state index in [0.29, 0.717) is 21.9 Å². The van der Waals surface area contributed by atoms with Gasteiger partial charge in [-0.05, 0) is 35.9 Å². The van der Waals surface area contributed by atoms with E-state index in [0.717, 1.165) is 6.07 Å². The van der Waals surface area contributed by atoms with Crippen LogP contribution in [0.2, 0.25) is 0 Å². The van der Waals surface area contributed by atoms with E-state index in [1.165, 1.54) is 19.2 Å².